The standard InChI is InChI=1S/C26H40N2O/c1-4-6-7-8-9-10-11-14-23-20-27-26(28-21-23)24-15-17-25(18-16-24)29-19-12-13-22(3)5-2/h15-18,20-22H,4-14,19H2,1-3H3. The smallest absolute Gasteiger partial charge is 0.159 e. The average molecular weight is 397 g/mol. The maximum Gasteiger partial charge on any atom is 0.159 e. The number of rotatable bonds is 15. The minimum Gasteiger partial charge on any atom is -0.494 e. The molecule has 0 spiro atoms. The van der Waals surface area contributed by atoms with Gasteiger partial charge in [-0.05, 0) is 61.4 Å². The van der Waals surface area contributed by atoms with Crippen molar-refractivity contribution in [3.8, 4) is 17.1 Å². The third kappa shape index (κ3) is 9.43. The van der Waals surface area contributed by atoms with E-state index in [2.05, 4.69) is 42.9 Å². The van der Waals surface area contributed by atoms with Crippen LogP contribution in [0.4, 0.5) is 0 Å². The Hall–Kier alpha value is -1.90. The predicted octanol–water partition coefficient (Wildman–Crippen LogP) is 7.64. The van der Waals surface area contributed by atoms with Gasteiger partial charge in [-0.15, -0.1) is 0 Å². The van der Waals surface area contributed by atoms with Gasteiger partial charge in [0.2, 0.25) is 0 Å². The Morgan fingerprint density at radius 2 is 1.48 bits per heavy atom. The molecule has 0 fully saturated rings. The lowest BCUT2D eigenvalue weighted by Crippen LogP contribution is -2.01. The molecule has 2 rings (SSSR count). The highest BCUT2D eigenvalue weighted by molar-refractivity contribution is 5.55. The summed E-state index contributed by atoms with van der Waals surface area (Å²) >= 11 is 0. The monoisotopic (exact) mass is 396 g/mol. The lowest BCUT2D eigenvalue weighted by molar-refractivity contribution is 0.294. The van der Waals surface area contributed by atoms with Gasteiger partial charge < -0.3 is 4.74 Å². The Labute approximate surface area is 178 Å². The van der Waals surface area contributed by atoms with E-state index < -0.39 is 0 Å². The van der Waals surface area contributed by atoms with Gasteiger partial charge in [-0.25, -0.2) is 9.97 Å². The van der Waals surface area contributed by atoms with Crippen molar-refractivity contribution in [2.24, 2.45) is 5.92 Å². The number of hydrogen-bond acceptors (Lipinski definition) is 3. The lowest BCUT2D eigenvalue weighted by Gasteiger charge is -2.10. The van der Waals surface area contributed by atoms with E-state index in [9.17, 15) is 0 Å². The molecule has 0 N–H and O–H groups in total. The molecule has 0 aliphatic carbocycles. The van der Waals surface area contributed by atoms with Crippen LogP contribution in [0, 0.1) is 5.92 Å². The van der Waals surface area contributed by atoms with Gasteiger partial charge in [-0.2, -0.15) is 0 Å². The van der Waals surface area contributed by atoms with E-state index in [0.29, 0.717) is 0 Å². The average Bonchev–Trinajstić information content (AvgIpc) is 2.77. The molecule has 0 bridgehead atoms. The van der Waals surface area contributed by atoms with Crippen LogP contribution in [0.25, 0.3) is 11.4 Å². The summed E-state index contributed by atoms with van der Waals surface area (Å²) in [6.45, 7) is 7.60. The Kier molecular flexibility index (Phi) is 11.4. The first-order valence-corrected chi connectivity index (χ1v) is 11.8. The van der Waals surface area contributed by atoms with Crippen molar-refractivity contribution in [1.29, 1.82) is 0 Å². The molecule has 160 valence electrons. The van der Waals surface area contributed by atoms with Gasteiger partial charge in [-0.1, -0.05) is 65.7 Å². The number of aryl methyl sites for hydroxylation is 1. The van der Waals surface area contributed by atoms with Gasteiger partial charge >= 0.3 is 0 Å². The molecule has 3 heteroatoms. The molecule has 29 heavy (non-hydrogen) atoms. The van der Waals surface area contributed by atoms with Gasteiger partial charge in [-0.3, -0.25) is 0 Å². The molecular formula is C26H40N2O. The first-order valence-electron chi connectivity index (χ1n) is 11.8. The van der Waals surface area contributed by atoms with E-state index in [1.54, 1.807) is 0 Å². The Morgan fingerprint density at radius 1 is 0.828 bits per heavy atom. The van der Waals surface area contributed by atoms with E-state index in [-0.39, 0.29) is 0 Å². The second kappa shape index (κ2) is 14.1. The highest BCUT2D eigenvalue weighted by Gasteiger charge is 2.04. The van der Waals surface area contributed by atoms with Crippen molar-refractivity contribution in [2.75, 3.05) is 6.61 Å². The van der Waals surface area contributed by atoms with Gasteiger partial charge in [0.15, 0.2) is 5.82 Å². The summed E-state index contributed by atoms with van der Waals surface area (Å²) in [4.78, 5) is 9.14. The number of benzene rings is 1. The first-order chi connectivity index (χ1) is 14.2. The highest BCUT2D eigenvalue weighted by Crippen LogP contribution is 2.20. The molecule has 1 heterocycles. The van der Waals surface area contributed by atoms with Gasteiger partial charge in [0.05, 0.1) is 6.61 Å². The zero-order valence-electron chi connectivity index (χ0n) is 18.8. The molecule has 0 amide bonds. The van der Waals surface area contributed by atoms with Crippen LogP contribution < -0.4 is 4.74 Å². The second-order valence-electron chi connectivity index (χ2n) is 8.31. The first kappa shape index (κ1) is 23.4. The summed E-state index contributed by atoms with van der Waals surface area (Å²) < 4.78 is 5.86. The summed E-state index contributed by atoms with van der Waals surface area (Å²) in [6, 6.07) is 8.15. The molecule has 0 saturated heterocycles. The lowest BCUT2D eigenvalue weighted by atomic mass is 10.0. The van der Waals surface area contributed by atoms with Crippen LogP contribution in [-0.2, 0) is 6.42 Å². The minimum atomic E-state index is 0.784. The molecule has 1 aromatic heterocycles. The molecule has 0 aliphatic rings. The molecule has 2 aromatic rings. The normalized spacial score (nSPS) is 12.1. The number of nitrogens with zero attached hydrogens (tertiary/aromatic N) is 2. The van der Waals surface area contributed by atoms with Crippen molar-refractivity contribution in [3.05, 3.63) is 42.2 Å². The van der Waals surface area contributed by atoms with Crippen LogP contribution >= 0.6 is 0 Å². The molecule has 1 atom stereocenters. The van der Waals surface area contributed by atoms with E-state index in [4.69, 9.17) is 4.74 Å². The molecular weight excluding hydrogens is 356 g/mol. The van der Waals surface area contributed by atoms with E-state index in [0.717, 1.165) is 42.5 Å². The fraction of sp³-hybridized carbons (Fsp3) is 0.615. The number of unbranched alkanes of at least 4 members (excludes halogenated alkanes) is 6. The van der Waals surface area contributed by atoms with Crippen LogP contribution in [0.1, 0.15) is 90.5 Å². The number of hydrogen-bond donors (Lipinski definition) is 0. The van der Waals surface area contributed by atoms with Crippen LogP contribution in [0.15, 0.2) is 36.7 Å². The topological polar surface area (TPSA) is 35.0 Å². The summed E-state index contributed by atoms with van der Waals surface area (Å²) in [5.41, 5.74) is 2.28. The largest absolute Gasteiger partial charge is 0.494 e. The van der Waals surface area contributed by atoms with Crippen molar-refractivity contribution >= 4 is 0 Å². The molecule has 0 saturated carbocycles. The Bertz CT molecular complexity index is 651. The van der Waals surface area contributed by atoms with Crippen molar-refractivity contribution in [1.82, 2.24) is 9.97 Å². The Morgan fingerprint density at radius 3 is 2.14 bits per heavy atom. The maximum absolute atomic E-state index is 5.86. The molecule has 0 aliphatic heterocycles. The van der Waals surface area contributed by atoms with E-state index in [1.165, 1.54) is 63.4 Å². The summed E-state index contributed by atoms with van der Waals surface area (Å²) in [6.07, 6.45) is 18.0. The van der Waals surface area contributed by atoms with Crippen molar-refractivity contribution < 1.29 is 4.74 Å². The summed E-state index contributed by atoms with van der Waals surface area (Å²) in [5.74, 6) is 2.50. The highest BCUT2D eigenvalue weighted by atomic mass is 16.5. The van der Waals surface area contributed by atoms with Crippen molar-refractivity contribution in [2.45, 2.75) is 91.4 Å². The number of aromatic nitrogens is 2. The third-order valence-corrected chi connectivity index (χ3v) is 5.69. The van der Waals surface area contributed by atoms with E-state index in [1.807, 2.05) is 24.5 Å². The molecule has 0 radical (unpaired) electrons. The van der Waals surface area contributed by atoms with Crippen molar-refractivity contribution in [3.63, 3.8) is 0 Å². The second-order valence-corrected chi connectivity index (χ2v) is 8.31. The van der Waals surface area contributed by atoms with Crippen LogP contribution in [-0.4, -0.2) is 16.6 Å². The van der Waals surface area contributed by atoms with Gasteiger partial charge in [0.1, 0.15) is 5.75 Å². The third-order valence-electron chi connectivity index (χ3n) is 5.69. The van der Waals surface area contributed by atoms with Crippen LogP contribution in [0.2, 0.25) is 0 Å². The van der Waals surface area contributed by atoms with E-state index >= 15 is 0 Å². The molecule has 1 unspecified atom stereocenters. The molecule has 3 nitrogen and oxygen atoms in total. The predicted molar refractivity (Wildman–Crippen MR) is 123 cm³/mol. The zero-order valence-corrected chi connectivity index (χ0v) is 18.8. The van der Waals surface area contributed by atoms with Crippen LogP contribution in [0.3, 0.4) is 0 Å². The van der Waals surface area contributed by atoms with Crippen LogP contribution in [0.5, 0.6) is 5.75 Å². The van der Waals surface area contributed by atoms with Gasteiger partial charge in [0, 0.05) is 18.0 Å². The summed E-state index contributed by atoms with van der Waals surface area (Å²) in [7, 11) is 0. The fourth-order valence-electron chi connectivity index (χ4n) is 3.45. The zero-order chi connectivity index (χ0) is 20.7. The summed E-state index contributed by atoms with van der Waals surface area (Å²) in [5, 5.41) is 0. The number of ether oxygens (including phenoxy) is 1. The maximum atomic E-state index is 5.86. The quantitative estimate of drug-likeness (QED) is 0.290. The minimum absolute atomic E-state index is 0.784. The molecule has 1 aromatic carbocycles. The fourth-order valence-corrected chi connectivity index (χ4v) is 3.45. The SMILES string of the molecule is CCCCCCCCCc1cnc(-c2ccc(OCCCC(C)CC)cc2)nc1. The van der Waals surface area contributed by atoms with Gasteiger partial charge in [0.25, 0.3) is 0 Å². The Balaban J connectivity index is 1.70.